The van der Waals surface area contributed by atoms with E-state index >= 15 is 0 Å². The van der Waals surface area contributed by atoms with Gasteiger partial charge in [0.1, 0.15) is 23.5 Å². The van der Waals surface area contributed by atoms with Crippen molar-refractivity contribution in [1.82, 2.24) is 24.7 Å². The van der Waals surface area contributed by atoms with Crippen molar-refractivity contribution in [3.05, 3.63) is 105 Å². The number of hydrogen-bond acceptors (Lipinski definition) is 8. The Balaban J connectivity index is 0.00000500. The Kier molecular flexibility index (Phi) is 12.7. The Hall–Kier alpha value is -4.52. The maximum absolute atomic E-state index is 13.8. The molecule has 0 unspecified atom stereocenters. The van der Waals surface area contributed by atoms with E-state index in [-0.39, 0.29) is 43.4 Å². The second-order valence-electron chi connectivity index (χ2n) is 11.2. The first kappa shape index (κ1) is 35.3. The van der Waals surface area contributed by atoms with Crippen LogP contribution in [0, 0.1) is 5.82 Å². The fraction of sp³-hybridized carbons (Fsp3) is 0.353. The summed E-state index contributed by atoms with van der Waals surface area (Å²) in [5.74, 6) is -1.56. The van der Waals surface area contributed by atoms with E-state index in [1.54, 1.807) is 31.4 Å². The highest BCUT2D eigenvalue weighted by Gasteiger charge is 2.24. The number of amides is 2. The number of carbonyl (C=O) groups excluding carboxylic acids is 2. The quantitative estimate of drug-likeness (QED) is 0.218. The maximum Gasteiger partial charge on any atom is 0.409 e. The highest BCUT2D eigenvalue weighted by Crippen LogP contribution is 2.26. The highest BCUT2D eigenvalue weighted by molar-refractivity contribution is 6.01. The molecule has 0 spiro atoms. The highest BCUT2D eigenvalue weighted by atomic mass is 35.5. The molecular weight excluding hydrogens is 629 g/mol. The second-order valence-corrected chi connectivity index (χ2v) is 11.2. The largest absolute Gasteiger partial charge is 0.505 e. The average Bonchev–Trinajstić information content (AvgIpc) is 3.07. The number of ether oxygens (including phenoxy) is 2. The number of aromatic nitrogens is 2. The van der Waals surface area contributed by atoms with E-state index in [2.05, 4.69) is 15.2 Å². The summed E-state index contributed by atoms with van der Waals surface area (Å²) < 4.78 is 25.6. The number of halogens is 2. The number of rotatable bonds is 12. The lowest BCUT2D eigenvalue weighted by molar-refractivity contribution is 0.0374. The summed E-state index contributed by atoms with van der Waals surface area (Å²) in [6.45, 7) is 4.27. The van der Waals surface area contributed by atoms with Crippen LogP contribution in [0.4, 0.5) is 9.18 Å². The molecule has 11 nitrogen and oxygen atoms in total. The zero-order chi connectivity index (χ0) is 32.5. The number of benzene rings is 2. The lowest BCUT2D eigenvalue weighted by atomic mass is 10.1. The van der Waals surface area contributed by atoms with E-state index < -0.39 is 28.9 Å². The first-order valence-electron chi connectivity index (χ1n) is 15.3. The molecule has 0 aliphatic carbocycles. The number of carbonyl (C=O) groups is 2. The Labute approximate surface area is 278 Å². The van der Waals surface area contributed by atoms with Crippen LogP contribution in [0.15, 0.2) is 71.7 Å². The number of nitrogens with zero attached hydrogens (tertiary/aromatic N) is 4. The predicted octanol–water partition coefficient (Wildman–Crippen LogP) is 3.97. The summed E-state index contributed by atoms with van der Waals surface area (Å²) in [6, 6.07) is 17.0. The van der Waals surface area contributed by atoms with Gasteiger partial charge in [0.2, 0.25) is 0 Å². The molecule has 3 heterocycles. The summed E-state index contributed by atoms with van der Waals surface area (Å²) in [5, 5.41) is 13.9. The van der Waals surface area contributed by atoms with Crippen molar-refractivity contribution in [3.8, 4) is 5.75 Å². The molecule has 0 radical (unpaired) electrons. The summed E-state index contributed by atoms with van der Waals surface area (Å²) in [7, 11) is 1.56. The van der Waals surface area contributed by atoms with Crippen molar-refractivity contribution < 1.29 is 28.6 Å². The predicted molar refractivity (Wildman–Crippen MR) is 178 cm³/mol. The van der Waals surface area contributed by atoms with E-state index in [4.69, 9.17) is 9.47 Å². The van der Waals surface area contributed by atoms with Gasteiger partial charge >= 0.3 is 6.09 Å². The number of morpholine rings is 1. The Morgan fingerprint density at radius 1 is 1.04 bits per heavy atom. The molecule has 2 N–H and O–H groups in total. The zero-order valence-electron chi connectivity index (χ0n) is 26.2. The lowest BCUT2D eigenvalue weighted by Gasteiger charge is -2.26. The number of likely N-dealkylation sites (N-methyl/N-ethyl adjacent to an activating group) is 1. The Morgan fingerprint density at radius 3 is 2.49 bits per heavy atom. The topological polar surface area (TPSA) is 126 Å². The molecule has 0 bridgehead atoms. The molecule has 250 valence electrons. The number of fused-ring (bicyclic) bond motifs is 1. The minimum atomic E-state index is -0.706. The number of nitrogens with one attached hydrogen (secondary N) is 1. The van der Waals surface area contributed by atoms with Crippen LogP contribution in [0.2, 0.25) is 0 Å². The maximum atomic E-state index is 13.8. The molecule has 1 aliphatic heterocycles. The molecule has 47 heavy (non-hydrogen) atoms. The second kappa shape index (κ2) is 16.9. The third kappa shape index (κ3) is 9.28. The first-order chi connectivity index (χ1) is 22.3. The van der Waals surface area contributed by atoms with Gasteiger partial charge in [0.25, 0.3) is 11.5 Å². The molecule has 13 heteroatoms. The third-order valence-electron chi connectivity index (χ3n) is 7.90. The van der Waals surface area contributed by atoms with Crippen LogP contribution in [0.25, 0.3) is 11.0 Å². The smallest absolute Gasteiger partial charge is 0.409 e. The number of pyridine rings is 2. The van der Waals surface area contributed by atoms with Crippen LogP contribution in [0.1, 0.15) is 33.5 Å². The minimum Gasteiger partial charge on any atom is -0.505 e. The van der Waals surface area contributed by atoms with Crippen LogP contribution in [-0.2, 0) is 29.0 Å². The van der Waals surface area contributed by atoms with Crippen molar-refractivity contribution in [2.24, 2.45) is 0 Å². The summed E-state index contributed by atoms with van der Waals surface area (Å²) in [6.07, 6.45) is 2.04. The minimum absolute atomic E-state index is 0. The molecule has 2 aromatic heterocycles. The molecule has 0 saturated carbocycles. The van der Waals surface area contributed by atoms with E-state index in [0.717, 1.165) is 30.8 Å². The van der Waals surface area contributed by atoms with Crippen molar-refractivity contribution >= 4 is 35.4 Å². The van der Waals surface area contributed by atoms with Gasteiger partial charge in [-0.25, -0.2) is 9.18 Å². The van der Waals surface area contributed by atoms with Crippen LogP contribution >= 0.6 is 12.4 Å². The molecular formula is C34H39ClFN5O6. The fourth-order valence-corrected chi connectivity index (χ4v) is 5.30. The fourth-order valence-electron chi connectivity index (χ4n) is 5.30. The molecule has 0 atom stereocenters. The Bertz CT molecular complexity index is 1710. The normalized spacial score (nSPS) is 13.1. The van der Waals surface area contributed by atoms with Crippen molar-refractivity contribution in [2.75, 3.05) is 53.0 Å². The standard InChI is InChI=1S/C34H38FN5O6.ClH/c1-38(34(44)46-23-25-6-3-2-4-7-25)14-15-40-28-21-26(20-24-8-10-27(35)11-9-24)22-37-30(28)31(41)29(33(40)43)32(42)36-12-5-13-39-16-18-45-19-17-39;/h2-4,6-11,21-22,41H,5,12-20,23H2,1H3,(H,36,42);1H. The van der Waals surface area contributed by atoms with Crippen molar-refractivity contribution in [1.29, 1.82) is 0 Å². The monoisotopic (exact) mass is 667 g/mol. The molecule has 1 aliphatic rings. The van der Waals surface area contributed by atoms with Gasteiger partial charge in [-0.05, 0) is 54.3 Å². The summed E-state index contributed by atoms with van der Waals surface area (Å²) >= 11 is 0. The first-order valence-corrected chi connectivity index (χ1v) is 15.3. The van der Waals surface area contributed by atoms with Gasteiger partial charge in [-0.2, -0.15) is 0 Å². The molecule has 4 aromatic rings. The van der Waals surface area contributed by atoms with Gasteiger partial charge < -0.3 is 29.4 Å². The van der Waals surface area contributed by atoms with Gasteiger partial charge in [-0.3, -0.25) is 19.5 Å². The van der Waals surface area contributed by atoms with E-state index in [9.17, 15) is 23.9 Å². The molecule has 1 saturated heterocycles. The van der Waals surface area contributed by atoms with Gasteiger partial charge in [-0.15, -0.1) is 12.4 Å². The van der Waals surface area contributed by atoms with Crippen LogP contribution in [-0.4, -0.2) is 89.4 Å². The van der Waals surface area contributed by atoms with Gasteiger partial charge in [0.15, 0.2) is 5.75 Å². The number of aromatic hydroxyl groups is 1. The van der Waals surface area contributed by atoms with Crippen LogP contribution in [0.3, 0.4) is 0 Å². The van der Waals surface area contributed by atoms with Gasteiger partial charge in [0, 0.05) is 46.0 Å². The SMILES string of the molecule is CN(CCn1c(=O)c(C(=O)NCCCN2CCOCC2)c(O)c2ncc(Cc3ccc(F)cc3)cc21)C(=O)OCc1ccccc1.Cl. The van der Waals surface area contributed by atoms with Crippen LogP contribution in [0.5, 0.6) is 5.75 Å². The Morgan fingerprint density at radius 2 is 1.77 bits per heavy atom. The van der Waals surface area contributed by atoms with E-state index in [1.807, 2.05) is 30.3 Å². The van der Waals surface area contributed by atoms with Crippen molar-refractivity contribution in [2.45, 2.75) is 26.0 Å². The molecule has 2 aromatic carbocycles. The van der Waals surface area contributed by atoms with Crippen LogP contribution < -0.4 is 10.9 Å². The van der Waals surface area contributed by atoms with E-state index in [0.29, 0.717) is 43.7 Å². The van der Waals surface area contributed by atoms with Gasteiger partial charge in [0.05, 0.1) is 18.7 Å². The molecule has 5 rings (SSSR count). The third-order valence-corrected chi connectivity index (χ3v) is 7.90. The van der Waals surface area contributed by atoms with Crippen molar-refractivity contribution in [3.63, 3.8) is 0 Å². The molecule has 1 fully saturated rings. The number of hydrogen-bond donors (Lipinski definition) is 2. The lowest BCUT2D eigenvalue weighted by Crippen LogP contribution is -2.39. The van der Waals surface area contributed by atoms with Gasteiger partial charge in [-0.1, -0.05) is 42.5 Å². The summed E-state index contributed by atoms with van der Waals surface area (Å²) in [5.41, 5.74) is 1.64. The average molecular weight is 668 g/mol. The van der Waals surface area contributed by atoms with E-state index in [1.165, 1.54) is 21.6 Å². The molecule has 2 amide bonds. The summed E-state index contributed by atoms with van der Waals surface area (Å²) in [4.78, 5) is 47.9. The zero-order valence-corrected chi connectivity index (χ0v) is 27.0.